The Morgan fingerprint density at radius 3 is 2.12 bits per heavy atom. The van der Waals surface area contributed by atoms with E-state index in [1.54, 1.807) is 23.9 Å². The van der Waals surface area contributed by atoms with Crippen molar-refractivity contribution >= 4 is 47.0 Å². The van der Waals surface area contributed by atoms with Gasteiger partial charge in [0.1, 0.15) is 6.54 Å². The van der Waals surface area contributed by atoms with Crippen molar-refractivity contribution in [2.24, 2.45) is 11.8 Å². The highest BCUT2D eigenvalue weighted by atomic mass is 35.5. The van der Waals surface area contributed by atoms with Gasteiger partial charge in [0.05, 0.1) is 11.8 Å². The number of nitrogens with one attached hydrogen (secondary N) is 2. The Labute approximate surface area is 200 Å². The number of carbonyl (C=O) groups excluding carboxylic acids is 4. The summed E-state index contributed by atoms with van der Waals surface area (Å²) in [5.74, 6) is -1.83. The van der Waals surface area contributed by atoms with E-state index in [0.717, 1.165) is 21.1 Å². The molecule has 1 fully saturated rings. The summed E-state index contributed by atoms with van der Waals surface area (Å²) >= 11 is 7.55. The maximum Gasteiger partial charge on any atom is 0.269 e. The van der Waals surface area contributed by atoms with Crippen LogP contribution in [0.15, 0.2) is 65.6 Å². The highest BCUT2D eigenvalue weighted by Gasteiger charge is 2.47. The Morgan fingerprint density at radius 1 is 0.909 bits per heavy atom. The third-order valence-electron chi connectivity index (χ3n) is 5.65. The summed E-state index contributed by atoms with van der Waals surface area (Å²) in [6, 6.07) is 14.6. The molecule has 2 aliphatic rings. The molecule has 170 valence electrons. The van der Waals surface area contributed by atoms with Crippen LogP contribution in [0.1, 0.15) is 28.8 Å². The molecule has 9 heteroatoms. The number of rotatable bonds is 6. The number of amides is 4. The van der Waals surface area contributed by atoms with E-state index in [1.807, 2.05) is 48.6 Å². The Morgan fingerprint density at radius 2 is 1.52 bits per heavy atom. The standard InChI is InChI=1S/C24H22ClN3O4S/c25-17-9-11-18(12-10-17)33-14-15-5-7-16(8-6-15)22(30)27-26-21(29)13-28-23(31)19-3-1-2-4-20(19)24(28)32/h1-2,5-12,19-20H,3-4,13-14H2,(H,26,29)(H,27,30). The second-order valence-corrected chi connectivity index (χ2v) is 9.35. The molecule has 0 spiro atoms. The van der Waals surface area contributed by atoms with Gasteiger partial charge in [0.2, 0.25) is 11.8 Å². The summed E-state index contributed by atoms with van der Waals surface area (Å²) in [6.45, 7) is -0.411. The minimum Gasteiger partial charge on any atom is -0.274 e. The number of hydrazine groups is 1. The molecular formula is C24H22ClN3O4S. The van der Waals surface area contributed by atoms with Crippen LogP contribution in [-0.4, -0.2) is 35.1 Å². The summed E-state index contributed by atoms with van der Waals surface area (Å²) in [5.41, 5.74) is 6.03. The number of allylic oxidation sites excluding steroid dienone is 2. The average molecular weight is 484 g/mol. The largest absolute Gasteiger partial charge is 0.274 e. The van der Waals surface area contributed by atoms with Crippen molar-refractivity contribution in [3.8, 4) is 0 Å². The molecule has 2 unspecified atom stereocenters. The molecule has 2 aromatic rings. The number of imide groups is 1. The molecule has 1 aliphatic heterocycles. The number of likely N-dealkylation sites (tertiary alicyclic amines) is 1. The molecule has 1 aliphatic carbocycles. The molecule has 0 radical (unpaired) electrons. The van der Waals surface area contributed by atoms with E-state index in [2.05, 4.69) is 10.9 Å². The van der Waals surface area contributed by atoms with E-state index < -0.39 is 18.4 Å². The second kappa shape index (κ2) is 10.2. The topological polar surface area (TPSA) is 95.6 Å². The van der Waals surface area contributed by atoms with Crippen molar-refractivity contribution < 1.29 is 19.2 Å². The normalized spacial score (nSPS) is 19.4. The maximum atomic E-state index is 12.4. The van der Waals surface area contributed by atoms with Gasteiger partial charge in [0.25, 0.3) is 11.8 Å². The van der Waals surface area contributed by atoms with Crippen molar-refractivity contribution in [2.75, 3.05) is 6.54 Å². The first-order chi connectivity index (χ1) is 15.9. The van der Waals surface area contributed by atoms with E-state index in [9.17, 15) is 19.2 Å². The highest BCUT2D eigenvalue weighted by molar-refractivity contribution is 7.98. The van der Waals surface area contributed by atoms with Crippen LogP contribution < -0.4 is 10.9 Å². The first-order valence-electron chi connectivity index (χ1n) is 10.5. The first kappa shape index (κ1) is 23.1. The number of benzene rings is 2. The molecule has 7 nitrogen and oxygen atoms in total. The number of hydrogen-bond donors (Lipinski definition) is 2. The number of halogens is 1. The SMILES string of the molecule is O=C(CN1C(=O)C2CC=CCC2C1=O)NNC(=O)c1ccc(CSc2ccc(Cl)cc2)cc1. The Balaban J connectivity index is 1.24. The van der Waals surface area contributed by atoms with Gasteiger partial charge in [-0.15, -0.1) is 11.8 Å². The van der Waals surface area contributed by atoms with Gasteiger partial charge in [-0.1, -0.05) is 35.9 Å². The number of fused-ring (bicyclic) bond motifs is 1. The van der Waals surface area contributed by atoms with Gasteiger partial charge >= 0.3 is 0 Å². The number of thioether (sulfide) groups is 1. The van der Waals surface area contributed by atoms with Crippen molar-refractivity contribution in [3.63, 3.8) is 0 Å². The Kier molecular flexibility index (Phi) is 7.15. The molecule has 0 saturated carbocycles. The van der Waals surface area contributed by atoms with Crippen LogP contribution in [0, 0.1) is 11.8 Å². The minimum absolute atomic E-state index is 0.331. The van der Waals surface area contributed by atoms with E-state index in [-0.39, 0.29) is 23.7 Å². The number of hydrogen-bond acceptors (Lipinski definition) is 5. The lowest BCUT2D eigenvalue weighted by Crippen LogP contribution is -2.47. The van der Waals surface area contributed by atoms with Crippen LogP contribution in [-0.2, 0) is 20.1 Å². The van der Waals surface area contributed by atoms with Gasteiger partial charge < -0.3 is 0 Å². The fraction of sp³-hybridized carbons (Fsp3) is 0.250. The van der Waals surface area contributed by atoms with E-state index >= 15 is 0 Å². The first-order valence-corrected chi connectivity index (χ1v) is 11.9. The average Bonchev–Trinajstić information content (AvgIpc) is 3.07. The monoisotopic (exact) mass is 483 g/mol. The van der Waals surface area contributed by atoms with Gasteiger partial charge in [-0.05, 0) is 54.8 Å². The van der Waals surface area contributed by atoms with E-state index in [1.165, 1.54) is 0 Å². The molecule has 2 aromatic carbocycles. The quantitative estimate of drug-likeness (QED) is 0.284. The molecule has 2 N–H and O–H groups in total. The summed E-state index contributed by atoms with van der Waals surface area (Å²) in [4.78, 5) is 51.5. The van der Waals surface area contributed by atoms with Gasteiger partial charge in [0.15, 0.2) is 0 Å². The predicted octanol–water partition coefficient (Wildman–Crippen LogP) is 3.34. The zero-order valence-corrected chi connectivity index (χ0v) is 19.2. The Hall–Kier alpha value is -3.10. The zero-order chi connectivity index (χ0) is 23.4. The fourth-order valence-corrected chi connectivity index (χ4v) is 4.84. The zero-order valence-electron chi connectivity index (χ0n) is 17.6. The van der Waals surface area contributed by atoms with Crippen LogP contribution in [0.3, 0.4) is 0 Å². The van der Waals surface area contributed by atoms with Crippen LogP contribution in [0.25, 0.3) is 0 Å². The molecule has 1 saturated heterocycles. The molecule has 33 heavy (non-hydrogen) atoms. The number of nitrogens with zero attached hydrogens (tertiary/aromatic N) is 1. The molecule has 1 heterocycles. The minimum atomic E-state index is -0.632. The van der Waals surface area contributed by atoms with Crippen LogP contribution in [0.2, 0.25) is 5.02 Å². The summed E-state index contributed by atoms with van der Waals surface area (Å²) in [5, 5.41) is 0.691. The molecule has 0 bridgehead atoms. The second-order valence-electron chi connectivity index (χ2n) is 7.86. The van der Waals surface area contributed by atoms with Gasteiger partial charge in [0, 0.05) is 21.2 Å². The van der Waals surface area contributed by atoms with E-state index in [0.29, 0.717) is 23.4 Å². The molecule has 2 atom stereocenters. The van der Waals surface area contributed by atoms with Gasteiger partial charge in [-0.2, -0.15) is 0 Å². The highest BCUT2D eigenvalue weighted by Crippen LogP contribution is 2.34. The third kappa shape index (κ3) is 5.46. The Bertz CT molecular complexity index is 1080. The molecule has 4 rings (SSSR count). The smallest absolute Gasteiger partial charge is 0.269 e. The lowest BCUT2D eigenvalue weighted by Gasteiger charge is -2.15. The summed E-state index contributed by atoms with van der Waals surface area (Å²) in [7, 11) is 0. The van der Waals surface area contributed by atoms with Gasteiger partial charge in [-0.3, -0.25) is 34.9 Å². The van der Waals surface area contributed by atoms with Crippen LogP contribution in [0.5, 0.6) is 0 Å². The summed E-state index contributed by atoms with van der Waals surface area (Å²) in [6.07, 6.45) is 4.80. The molecule has 4 amide bonds. The van der Waals surface area contributed by atoms with Crippen LogP contribution in [0.4, 0.5) is 0 Å². The maximum absolute atomic E-state index is 12.4. The summed E-state index contributed by atoms with van der Waals surface area (Å²) < 4.78 is 0. The van der Waals surface area contributed by atoms with E-state index in [4.69, 9.17) is 11.6 Å². The van der Waals surface area contributed by atoms with Crippen molar-refractivity contribution in [1.82, 2.24) is 15.8 Å². The lowest BCUT2D eigenvalue weighted by molar-refractivity contribution is -0.143. The fourth-order valence-electron chi connectivity index (χ4n) is 3.86. The molecular weight excluding hydrogens is 462 g/mol. The van der Waals surface area contributed by atoms with Gasteiger partial charge in [-0.25, -0.2) is 0 Å². The molecule has 0 aromatic heterocycles. The number of carbonyl (C=O) groups is 4. The third-order valence-corrected chi connectivity index (χ3v) is 6.99. The van der Waals surface area contributed by atoms with Crippen molar-refractivity contribution in [3.05, 3.63) is 76.8 Å². The van der Waals surface area contributed by atoms with Crippen molar-refractivity contribution in [1.29, 1.82) is 0 Å². The van der Waals surface area contributed by atoms with Crippen LogP contribution >= 0.6 is 23.4 Å². The van der Waals surface area contributed by atoms with Crippen molar-refractivity contribution in [2.45, 2.75) is 23.5 Å². The lowest BCUT2D eigenvalue weighted by atomic mass is 9.85. The predicted molar refractivity (Wildman–Crippen MR) is 125 cm³/mol.